The molecule has 0 unspecified atom stereocenters. The first-order chi connectivity index (χ1) is 7.34. The van der Waals surface area contributed by atoms with E-state index in [1.165, 1.54) is 24.3 Å². The third kappa shape index (κ3) is 5.41. The summed E-state index contributed by atoms with van der Waals surface area (Å²) in [6.07, 6.45) is 4.96. The SMILES string of the molecule is Cl.O=C(CNCC1CC1)NC1CCSCC1. The van der Waals surface area contributed by atoms with Crippen molar-refractivity contribution in [3.63, 3.8) is 0 Å². The van der Waals surface area contributed by atoms with Crippen LogP contribution in [-0.2, 0) is 4.79 Å². The van der Waals surface area contributed by atoms with E-state index in [0.717, 1.165) is 25.3 Å². The number of carbonyl (C=O) groups excluding carboxylic acids is 1. The molecule has 0 radical (unpaired) electrons. The summed E-state index contributed by atoms with van der Waals surface area (Å²) < 4.78 is 0. The fourth-order valence-corrected chi connectivity index (χ4v) is 2.94. The molecular formula is C11H21ClN2OS. The lowest BCUT2D eigenvalue weighted by Crippen LogP contribution is -2.42. The molecule has 5 heteroatoms. The first-order valence-electron chi connectivity index (χ1n) is 5.92. The maximum absolute atomic E-state index is 11.5. The van der Waals surface area contributed by atoms with E-state index >= 15 is 0 Å². The summed E-state index contributed by atoms with van der Waals surface area (Å²) in [5, 5.41) is 6.32. The lowest BCUT2D eigenvalue weighted by molar-refractivity contribution is -0.121. The van der Waals surface area contributed by atoms with Gasteiger partial charge in [0.15, 0.2) is 0 Å². The molecule has 1 heterocycles. The van der Waals surface area contributed by atoms with Crippen molar-refractivity contribution >= 4 is 30.1 Å². The van der Waals surface area contributed by atoms with Crippen molar-refractivity contribution in [2.24, 2.45) is 5.92 Å². The fourth-order valence-electron chi connectivity index (χ4n) is 1.83. The number of amides is 1. The maximum Gasteiger partial charge on any atom is 0.234 e. The molecule has 1 aliphatic carbocycles. The zero-order valence-electron chi connectivity index (χ0n) is 9.54. The molecule has 0 atom stereocenters. The van der Waals surface area contributed by atoms with Gasteiger partial charge in [0.05, 0.1) is 6.54 Å². The molecule has 1 saturated heterocycles. The molecule has 0 bridgehead atoms. The van der Waals surface area contributed by atoms with Gasteiger partial charge in [0.25, 0.3) is 0 Å². The summed E-state index contributed by atoms with van der Waals surface area (Å²) >= 11 is 1.99. The van der Waals surface area contributed by atoms with Gasteiger partial charge >= 0.3 is 0 Å². The predicted octanol–water partition coefficient (Wildman–Crippen LogP) is 1.42. The van der Waals surface area contributed by atoms with Gasteiger partial charge in [-0.1, -0.05) is 0 Å². The van der Waals surface area contributed by atoms with Gasteiger partial charge in [-0.25, -0.2) is 0 Å². The van der Waals surface area contributed by atoms with Gasteiger partial charge in [0.1, 0.15) is 0 Å². The first kappa shape index (κ1) is 14.1. The summed E-state index contributed by atoms with van der Waals surface area (Å²) in [7, 11) is 0. The number of carbonyl (C=O) groups is 1. The quantitative estimate of drug-likeness (QED) is 0.789. The van der Waals surface area contributed by atoms with E-state index in [1.807, 2.05) is 11.8 Å². The molecule has 2 fully saturated rings. The third-order valence-corrected chi connectivity index (χ3v) is 4.05. The van der Waals surface area contributed by atoms with Crippen LogP contribution < -0.4 is 10.6 Å². The number of hydrogen-bond acceptors (Lipinski definition) is 3. The van der Waals surface area contributed by atoms with Crippen LogP contribution in [0.25, 0.3) is 0 Å². The number of nitrogens with one attached hydrogen (secondary N) is 2. The molecule has 1 saturated carbocycles. The van der Waals surface area contributed by atoms with E-state index in [2.05, 4.69) is 10.6 Å². The highest BCUT2D eigenvalue weighted by atomic mass is 35.5. The summed E-state index contributed by atoms with van der Waals surface area (Å²) in [4.78, 5) is 11.5. The van der Waals surface area contributed by atoms with Crippen LogP contribution in [0.2, 0.25) is 0 Å². The Morgan fingerprint density at radius 3 is 2.50 bits per heavy atom. The normalized spacial score (nSPS) is 21.2. The van der Waals surface area contributed by atoms with Crippen LogP contribution in [0.5, 0.6) is 0 Å². The molecule has 0 aromatic heterocycles. The number of rotatable bonds is 5. The summed E-state index contributed by atoms with van der Waals surface area (Å²) in [6.45, 7) is 1.52. The van der Waals surface area contributed by atoms with Crippen LogP contribution in [0.4, 0.5) is 0 Å². The fraction of sp³-hybridized carbons (Fsp3) is 0.909. The second-order valence-corrected chi connectivity index (χ2v) is 5.75. The van der Waals surface area contributed by atoms with Crippen molar-refractivity contribution in [3.8, 4) is 0 Å². The van der Waals surface area contributed by atoms with E-state index in [0.29, 0.717) is 12.6 Å². The van der Waals surface area contributed by atoms with E-state index in [4.69, 9.17) is 0 Å². The molecule has 1 amide bonds. The average Bonchev–Trinajstić information content (AvgIpc) is 3.03. The average molecular weight is 265 g/mol. The van der Waals surface area contributed by atoms with Crippen LogP contribution in [0.1, 0.15) is 25.7 Å². The largest absolute Gasteiger partial charge is 0.352 e. The number of thioether (sulfide) groups is 1. The Morgan fingerprint density at radius 1 is 1.19 bits per heavy atom. The molecule has 0 aromatic rings. The highest BCUT2D eigenvalue weighted by Crippen LogP contribution is 2.27. The van der Waals surface area contributed by atoms with Gasteiger partial charge < -0.3 is 10.6 Å². The molecule has 2 aliphatic rings. The minimum Gasteiger partial charge on any atom is -0.352 e. The highest BCUT2D eigenvalue weighted by molar-refractivity contribution is 7.99. The Hall–Kier alpha value is 0.0700. The van der Waals surface area contributed by atoms with Crippen molar-refractivity contribution in [2.75, 3.05) is 24.6 Å². The molecule has 2 rings (SSSR count). The zero-order chi connectivity index (χ0) is 10.5. The van der Waals surface area contributed by atoms with E-state index < -0.39 is 0 Å². The first-order valence-corrected chi connectivity index (χ1v) is 7.08. The Kier molecular flexibility index (Phi) is 6.54. The minimum atomic E-state index is 0. The maximum atomic E-state index is 11.5. The molecule has 0 aromatic carbocycles. The highest BCUT2D eigenvalue weighted by Gasteiger charge is 2.21. The van der Waals surface area contributed by atoms with Crippen molar-refractivity contribution in [3.05, 3.63) is 0 Å². The van der Waals surface area contributed by atoms with E-state index in [-0.39, 0.29) is 18.3 Å². The van der Waals surface area contributed by atoms with E-state index in [1.54, 1.807) is 0 Å². The predicted molar refractivity (Wildman–Crippen MR) is 71.3 cm³/mol. The summed E-state index contributed by atoms with van der Waals surface area (Å²) in [6, 6.07) is 0.432. The second kappa shape index (κ2) is 7.41. The van der Waals surface area contributed by atoms with Crippen LogP contribution in [0.3, 0.4) is 0 Å². The number of halogens is 1. The van der Waals surface area contributed by atoms with E-state index in [9.17, 15) is 4.79 Å². The van der Waals surface area contributed by atoms with Crippen LogP contribution in [0.15, 0.2) is 0 Å². The Balaban J connectivity index is 0.00000128. The van der Waals surface area contributed by atoms with Gasteiger partial charge in [-0.05, 0) is 49.7 Å². The molecule has 16 heavy (non-hydrogen) atoms. The molecule has 1 aliphatic heterocycles. The number of hydrogen-bond donors (Lipinski definition) is 2. The molecular weight excluding hydrogens is 244 g/mol. The van der Waals surface area contributed by atoms with Crippen molar-refractivity contribution < 1.29 is 4.79 Å². The second-order valence-electron chi connectivity index (χ2n) is 4.53. The standard InChI is InChI=1S/C11H20N2OS.ClH/c14-11(8-12-7-9-1-2-9)13-10-3-5-15-6-4-10;/h9-10,12H,1-8H2,(H,13,14);1H. The van der Waals surface area contributed by atoms with Crippen molar-refractivity contribution in [1.82, 2.24) is 10.6 Å². The third-order valence-electron chi connectivity index (χ3n) is 3.00. The summed E-state index contributed by atoms with van der Waals surface area (Å²) in [5.74, 6) is 3.41. The molecule has 0 spiro atoms. The van der Waals surface area contributed by atoms with Crippen LogP contribution >= 0.6 is 24.2 Å². The Bertz CT molecular complexity index is 218. The Morgan fingerprint density at radius 2 is 1.88 bits per heavy atom. The lowest BCUT2D eigenvalue weighted by Gasteiger charge is -2.22. The van der Waals surface area contributed by atoms with Gasteiger partial charge in [-0.3, -0.25) is 4.79 Å². The molecule has 2 N–H and O–H groups in total. The smallest absolute Gasteiger partial charge is 0.234 e. The lowest BCUT2D eigenvalue weighted by atomic mass is 10.1. The Labute approximate surface area is 108 Å². The van der Waals surface area contributed by atoms with Gasteiger partial charge in [0.2, 0.25) is 5.91 Å². The van der Waals surface area contributed by atoms with Crippen molar-refractivity contribution in [1.29, 1.82) is 0 Å². The van der Waals surface area contributed by atoms with Crippen LogP contribution in [-0.4, -0.2) is 36.5 Å². The van der Waals surface area contributed by atoms with Crippen molar-refractivity contribution in [2.45, 2.75) is 31.7 Å². The van der Waals surface area contributed by atoms with Gasteiger partial charge in [0, 0.05) is 6.04 Å². The topological polar surface area (TPSA) is 41.1 Å². The van der Waals surface area contributed by atoms with Gasteiger partial charge in [-0.2, -0.15) is 11.8 Å². The minimum absolute atomic E-state index is 0. The molecule has 94 valence electrons. The zero-order valence-corrected chi connectivity index (χ0v) is 11.2. The monoisotopic (exact) mass is 264 g/mol. The molecule has 3 nitrogen and oxygen atoms in total. The van der Waals surface area contributed by atoms with Gasteiger partial charge in [-0.15, -0.1) is 12.4 Å². The van der Waals surface area contributed by atoms with Crippen LogP contribution in [0, 0.1) is 5.92 Å². The summed E-state index contributed by atoms with van der Waals surface area (Å²) in [5.41, 5.74) is 0.